The van der Waals surface area contributed by atoms with E-state index in [0.717, 1.165) is 23.0 Å². The maximum Gasteiger partial charge on any atom is 0.247 e. The SMILES string of the molecule is CN1C(N)=N[C@](C)(c2cc(CC(=O)c3ccc(F)cn3)ccc2F)[C@]2(CCN(CC3CCOC3)C2)S1(=O)=O. The van der Waals surface area contributed by atoms with Crippen LogP contribution in [0.4, 0.5) is 8.78 Å². The van der Waals surface area contributed by atoms with Gasteiger partial charge in [-0.15, -0.1) is 0 Å². The minimum atomic E-state index is -4.05. The average Bonchev–Trinajstić information content (AvgIpc) is 3.55. The number of sulfonamides is 1. The molecule has 2 N–H and O–H groups in total. The van der Waals surface area contributed by atoms with Crippen LogP contribution in [0.1, 0.15) is 41.4 Å². The zero-order chi connectivity index (χ0) is 27.3. The summed E-state index contributed by atoms with van der Waals surface area (Å²) in [5.74, 6) is -1.50. The second-order valence-corrected chi connectivity index (χ2v) is 12.8. The molecule has 1 spiro atoms. The number of pyridine rings is 1. The van der Waals surface area contributed by atoms with Crippen molar-refractivity contribution in [3.8, 4) is 0 Å². The number of likely N-dealkylation sites (tertiary alicyclic amines) is 1. The number of nitrogens with two attached hydrogens (primary N) is 1. The van der Waals surface area contributed by atoms with E-state index in [4.69, 9.17) is 10.5 Å². The van der Waals surface area contributed by atoms with Gasteiger partial charge in [0.25, 0.3) is 0 Å². The number of guanidine groups is 1. The molecule has 3 aliphatic heterocycles. The Morgan fingerprint density at radius 3 is 2.74 bits per heavy atom. The molecule has 1 aromatic carbocycles. The summed E-state index contributed by atoms with van der Waals surface area (Å²) in [6, 6.07) is 6.60. The fraction of sp³-hybridized carbons (Fsp3) is 0.500. The van der Waals surface area contributed by atoms with Crippen molar-refractivity contribution in [2.75, 3.05) is 39.9 Å². The van der Waals surface area contributed by atoms with Gasteiger partial charge in [-0.1, -0.05) is 6.07 Å². The molecule has 4 heterocycles. The van der Waals surface area contributed by atoms with E-state index in [9.17, 15) is 17.6 Å². The van der Waals surface area contributed by atoms with Gasteiger partial charge in [0, 0.05) is 38.7 Å². The van der Waals surface area contributed by atoms with Gasteiger partial charge in [0.05, 0.1) is 12.8 Å². The Morgan fingerprint density at radius 1 is 1.26 bits per heavy atom. The van der Waals surface area contributed by atoms with E-state index in [0.29, 0.717) is 37.8 Å². The van der Waals surface area contributed by atoms with Crippen LogP contribution >= 0.6 is 0 Å². The van der Waals surface area contributed by atoms with Gasteiger partial charge >= 0.3 is 0 Å². The van der Waals surface area contributed by atoms with E-state index in [-0.39, 0.29) is 42.4 Å². The minimum Gasteiger partial charge on any atom is -0.381 e. The lowest BCUT2D eigenvalue weighted by molar-refractivity contribution is 0.0988. The van der Waals surface area contributed by atoms with E-state index in [2.05, 4.69) is 14.9 Å². The molecule has 9 nitrogen and oxygen atoms in total. The fourth-order valence-corrected chi connectivity index (χ4v) is 8.09. The van der Waals surface area contributed by atoms with Crippen molar-refractivity contribution in [1.82, 2.24) is 14.2 Å². The van der Waals surface area contributed by atoms with Crippen LogP contribution in [0.3, 0.4) is 0 Å². The highest BCUT2D eigenvalue weighted by Crippen LogP contribution is 2.51. The van der Waals surface area contributed by atoms with Crippen LogP contribution in [-0.4, -0.2) is 79.0 Å². The number of halogens is 2. The third-order valence-corrected chi connectivity index (χ3v) is 10.8. The van der Waals surface area contributed by atoms with Crippen molar-refractivity contribution in [2.45, 2.75) is 36.5 Å². The molecule has 3 aliphatic rings. The third kappa shape index (κ3) is 4.28. The summed E-state index contributed by atoms with van der Waals surface area (Å²) in [5, 5.41) is 0. The number of hydrogen-bond donors (Lipinski definition) is 1. The summed E-state index contributed by atoms with van der Waals surface area (Å²) in [6.45, 7) is 4.27. The van der Waals surface area contributed by atoms with Crippen molar-refractivity contribution in [2.24, 2.45) is 16.6 Å². The van der Waals surface area contributed by atoms with Gasteiger partial charge in [-0.2, -0.15) is 0 Å². The minimum absolute atomic E-state index is 0.0561. The van der Waals surface area contributed by atoms with Crippen LogP contribution in [0.25, 0.3) is 0 Å². The van der Waals surface area contributed by atoms with Gasteiger partial charge in [0.2, 0.25) is 16.0 Å². The molecule has 3 atom stereocenters. The molecule has 2 saturated heterocycles. The Hall–Kier alpha value is -2.96. The van der Waals surface area contributed by atoms with Crippen molar-refractivity contribution >= 4 is 21.8 Å². The Morgan fingerprint density at radius 2 is 2.05 bits per heavy atom. The van der Waals surface area contributed by atoms with Gasteiger partial charge in [0.1, 0.15) is 27.6 Å². The van der Waals surface area contributed by atoms with Crippen LogP contribution in [0, 0.1) is 17.6 Å². The van der Waals surface area contributed by atoms with Gasteiger partial charge < -0.3 is 15.4 Å². The lowest BCUT2D eigenvalue weighted by atomic mass is 9.77. The maximum atomic E-state index is 15.6. The molecule has 0 saturated carbocycles. The first-order valence-corrected chi connectivity index (χ1v) is 14.0. The summed E-state index contributed by atoms with van der Waals surface area (Å²) in [6.07, 6.45) is 1.97. The molecule has 0 bridgehead atoms. The van der Waals surface area contributed by atoms with Gasteiger partial charge in [0.15, 0.2) is 5.78 Å². The van der Waals surface area contributed by atoms with E-state index < -0.39 is 31.9 Å². The second-order valence-electron chi connectivity index (χ2n) is 10.5. The third-order valence-electron chi connectivity index (χ3n) is 8.19. The molecular weight excluding hydrogens is 516 g/mol. The number of benzene rings is 1. The first-order chi connectivity index (χ1) is 18.0. The van der Waals surface area contributed by atoms with E-state index >= 15 is 4.39 Å². The summed E-state index contributed by atoms with van der Waals surface area (Å²) >= 11 is 0. The molecule has 0 aliphatic carbocycles. The molecule has 38 heavy (non-hydrogen) atoms. The average molecular weight is 548 g/mol. The highest BCUT2D eigenvalue weighted by molar-refractivity contribution is 7.91. The number of aliphatic imine (C=N–C) groups is 1. The highest BCUT2D eigenvalue weighted by atomic mass is 32.2. The Kier molecular flexibility index (Phi) is 6.77. The first kappa shape index (κ1) is 26.6. The number of rotatable bonds is 6. The largest absolute Gasteiger partial charge is 0.381 e. The van der Waals surface area contributed by atoms with Crippen LogP contribution < -0.4 is 5.73 Å². The van der Waals surface area contributed by atoms with Gasteiger partial charge in [-0.05, 0) is 62.1 Å². The normalized spacial score (nSPS) is 29.1. The molecular formula is C26H31F2N5O4S. The van der Waals surface area contributed by atoms with Gasteiger partial charge in [-0.3, -0.25) is 9.78 Å². The fourth-order valence-electron chi connectivity index (χ4n) is 5.93. The molecule has 1 aromatic heterocycles. The number of ether oxygens (including phenoxy) is 1. The number of aromatic nitrogens is 1. The summed E-state index contributed by atoms with van der Waals surface area (Å²) < 4.78 is 61.8. The quantitative estimate of drug-likeness (QED) is 0.550. The van der Waals surface area contributed by atoms with E-state index in [1.165, 1.54) is 31.3 Å². The first-order valence-electron chi connectivity index (χ1n) is 12.5. The summed E-state index contributed by atoms with van der Waals surface area (Å²) in [5.41, 5.74) is 5.12. The summed E-state index contributed by atoms with van der Waals surface area (Å²) in [4.78, 5) is 23.3. The van der Waals surface area contributed by atoms with Gasteiger partial charge in [-0.25, -0.2) is 26.5 Å². The molecule has 0 amide bonds. The Labute approximate surface area is 220 Å². The Balaban J connectivity index is 1.54. The number of Topliss-reactive ketones (excluding diaryl/α,β-unsaturated/α-hetero) is 1. The van der Waals surface area contributed by atoms with Crippen molar-refractivity contribution in [3.05, 3.63) is 65.0 Å². The molecule has 2 fully saturated rings. The molecule has 5 rings (SSSR count). The number of hydrogen-bond acceptors (Lipinski definition) is 8. The number of carbonyl (C=O) groups excluding carboxylic acids is 1. The van der Waals surface area contributed by atoms with Crippen molar-refractivity contribution in [3.63, 3.8) is 0 Å². The molecule has 12 heteroatoms. The lowest BCUT2D eigenvalue weighted by Gasteiger charge is -2.48. The smallest absolute Gasteiger partial charge is 0.247 e. The predicted molar refractivity (Wildman–Crippen MR) is 137 cm³/mol. The second kappa shape index (κ2) is 9.65. The van der Waals surface area contributed by atoms with Crippen LogP contribution in [0.2, 0.25) is 0 Å². The highest BCUT2D eigenvalue weighted by Gasteiger charge is 2.66. The molecule has 2 aromatic rings. The van der Waals surface area contributed by atoms with Crippen LogP contribution in [0.5, 0.6) is 0 Å². The molecule has 204 valence electrons. The zero-order valence-electron chi connectivity index (χ0n) is 21.4. The van der Waals surface area contributed by atoms with Crippen LogP contribution in [0.15, 0.2) is 41.5 Å². The predicted octanol–water partition coefficient (Wildman–Crippen LogP) is 2.07. The van der Waals surface area contributed by atoms with Crippen LogP contribution in [-0.2, 0) is 26.7 Å². The maximum absolute atomic E-state index is 15.6. The van der Waals surface area contributed by atoms with Crippen molar-refractivity contribution < 1.29 is 26.7 Å². The Bertz CT molecular complexity index is 1380. The van der Waals surface area contributed by atoms with Crippen molar-refractivity contribution in [1.29, 1.82) is 0 Å². The molecule has 0 radical (unpaired) electrons. The lowest BCUT2D eigenvalue weighted by Crippen LogP contribution is -2.66. The standard InChI is InChI=1S/C26H31F2N5O4S/c1-25(20-11-17(3-5-21(20)28)12-23(34)22-6-4-19(27)13-30-22)26(38(35,36)32(2)24(29)31-25)8-9-33(16-26)14-18-7-10-37-15-18/h3-6,11,13,18H,7-10,12,14-16H2,1-2H3,(H2,29,31)/t18?,25-,26-/m1/s1. The van der Waals surface area contributed by atoms with E-state index in [1.54, 1.807) is 6.92 Å². The monoisotopic (exact) mass is 547 g/mol. The number of carbonyl (C=O) groups is 1. The van der Waals surface area contributed by atoms with E-state index in [1.807, 2.05) is 0 Å². The summed E-state index contributed by atoms with van der Waals surface area (Å²) in [7, 11) is -2.68. The molecule has 1 unspecified atom stereocenters. The number of ketones is 1. The number of nitrogens with zero attached hydrogens (tertiary/aromatic N) is 4. The zero-order valence-corrected chi connectivity index (χ0v) is 22.2. The topological polar surface area (TPSA) is 118 Å².